The Morgan fingerprint density at radius 1 is 1.00 bits per heavy atom. The maximum atomic E-state index is 12.9. The predicted octanol–water partition coefficient (Wildman–Crippen LogP) is 4.48. The van der Waals surface area contributed by atoms with Crippen molar-refractivity contribution in [2.45, 2.75) is 11.8 Å². The molecule has 3 rings (SSSR count). The van der Waals surface area contributed by atoms with Crippen LogP contribution < -0.4 is 19.5 Å². The summed E-state index contributed by atoms with van der Waals surface area (Å²) in [7, 11) is -2.34. The van der Waals surface area contributed by atoms with Gasteiger partial charge in [0.2, 0.25) is 0 Å². The zero-order valence-electron chi connectivity index (χ0n) is 16.9. The van der Waals surface area contributed by atoms with Gasteiger partial charge in [0.25, 0.3) is 15.9 Å². The monoisotopic (exact) mass is 460 g/mol. The fraction of sp³-hybridized carbons (Fsp3) is 0.136. The van der Waals surface area contributed by atoms with Gasteiger partial charge in [-0.2, -0.15) is 0 Å². The maximum absolute atomic E-state index is 12.9. The predicted molar refractivity (Wildman–Crippen MR) is 121 cm³/mol. The molecule has 31 heavy (non-hydrogen) atoms. The van der Waals surface area contributed by atoms with Crippen LogP contribution in [0.25, 0.3) is 0 Å². The summed E-state index contributed by atoms with van der Waals surface area (Å²) in [6.45, 7) is 1.40. The Morgan fingerprint density at radius 3 is 2.35 bits per heavy atom. The van der Waals surface area contributed by atoms with Crippen LogP contribution in [0.3, 0.4) is 0 Å². The number of rotatable bonds is 8. The molecule has 0 radical (unpaired) electrons. The van der Waals surface area contributed by atoms with Crippen molar-refractivity contribution >= 4 is 38.9 Å². The van der Waals surface area contributed by atoms with E-state index in [4.69, 9.17) is 21.1 Å². The van der Waals surface area contributed by atoms with Crippen LogP contribution in [0.5, 0.6) is 11.5 Å². The molecule has 0 atom stereocenters. The van der Waals surface area contributed by atoms with Crippen LogP contribution >= 0.6 is 11.6 Å². The van der Waals surface area contributed by atoms with Gasteiger partial charge in [0.1, 0.15) is 11.5 Å². The lowest BCUT2D eigenvalue weighted by atomic mass is 10.2. The first-order valence-corrected chi connectivity index (χ1v) is 11.1. The standard InChI is InChI=1S/C22H21ClN2O5S/c1-15-7-8-17(24-22(26)14-30-20-6-4-3-5-19(20)23)13-21(15)31(27,28)25-16-9-11-18(29-2)12-10-16/h3-13,25H,14H2,1-2H3,(H,24,26). The highest BCUT2D eigenvalue weighted by atomic mass is 35.5. The average Bonchev–Trinajstić information content (AvgIpc) is 2.74. The van der Waals surface area contributed by atoms with E-state index in [0.717, 1.165) is 0 Å². The zero-order chi connectivity index (χ0) is 22.4. The molecule has 3 aromatic carbocycles. The third-order valence-corrected chi connectivity index (χ3v) is 6.13. The first-order chi connectivity index (χ1) is 14.8. The first-order valence-electron chi connectivity index (χ1n) is 9.23. The molecule has 0 aliphatic carbocycles. The lowest BCUT2D eigenvalue weighted by Gasteiger charge is -2.13. The number of aryl methyl sites for hydroxylation is 1. The topological polar surface area (TPSA) is 93.7 Å². The number of hydrogen-bond acceptors (Lipinski definition) is 5. The summed E-state index contributed by atoms with van der Waals surface area (Å²) in [4.78, 5) is 12.3. The van der Waals surface area contributed by atoms with E-state index in [-0.39, 0.29) is 11.5 Å². The number of anilines is 2. The van der Waals surface area contributed by atoms with E-state index in [1.54, 1.807) is 67.6 Å². The third-order valence-electron chi connectivity index (χ3n) is 4.30. The van der Waals surface area contributed by atoms with Crippen LogP contribution in [-0.4, -0.2) is 28.0 Å². The number of amides is 1. The van der Waals surface area contributed by atoms with Crippen LogP contribution in [0.1, 0.15) is 5.56 Å². The second kappa shape index (κ2) is 9.72. The number of methoxy groups -OCH3 is 1. The number of carbonyl (C=O) groups is 1. The number of nitrogens with one attached hydrogen (secondary N) is 2. The minimum Gasteiger partial charge on any atom is -0.497 e. The van der Waals surface area contributed by atoms with Gasteiger partial charge < -0.3 is 14.8 Å². The number of carbonyl (C=O) groups excluding carboxylic acids is 1. The Hall–Kier alpha value is -3.23. The van der Waals surface area contributed by atoms with E-state index in [9.17, 15) is 13.2 Å². The molecule has 0 saturated carbocycles. The van der Waals surface area contributed by atoms with Crippen molar-refractivity contribution in [3.63, 3.8) is 0 Å². The molecule has 9 heteroatoms. The van der Waals surface area contributed by atoms with Crippen molar-refractivity contribution in [1.82, 2.24) is 0 Å². The van der Waals surface area contributed by atoms with E-state index in [2.05, 4.69) is 10.0 Å². The fourth-order valence-electron chi connectivity index (χ4n) is 2.74. The fourth-order valence-corrected chi connectivity index (χ4v) is 4.26. The number of para-hydroxylation sites is 1. The van der Waals surface area contributed by atoms with Crippen molar-refractivity contribution in [2.75, 3.05) is 23.8 Å². The smallest absolute Gasteiger partial charge is 0.262 e. The number of halogens is 1. The van der Waals surface area contributed by atoms with Gasteiger partial charge in [-0.15, -0.1) is 0 Å². The molecule has 0 heterocycles. The maximum Gasteiger partial charge on any atom is 0.262 e. The van der Waals surface area contributed by atoms with Crippen LogP contribution in [0.2, 0.25) is 5.02 Å². The molecule has 7 nitrogen and oxygen atoms in total. The molecule has 3 aromatic rings. The first kappa shape index (κ1) is 22.5. The normalized spacial score (nSPS) is 10.9. The Kier molecular flexibility index (Phi) is 7.04. The van der Waals surface area contributed by atoms with E-state index in [1.165, 1.54) is 13.2 Å². The molecule has 162 valence electrons. The van der Waals surface area contributed by atoms with Gasteiger partial charge in [-0.3, -0.25) is 9.52 Å². The molecular formula is C22H21ClN2O5S. The molecule has 0 aliphatic heterocycles. The Labute approximate surface area is 186 Å². The van der Waals surface area contributed by atoms with Crippen LogP contribution in [0.4, 0.5) is 11.4 Å². The summed E-state index contributed by atoms with van der Waals surface area (Å²) in [5, 5.41) is 3.03. The number of benzene rings is 3. The van der Waals surface area contributed by atoms with Crippen LogP contribution in [0.15, 0.2) is 71.6 Å². The van der Waals surface area contributed by atoms with Gasteiger partial charge in [0, 0.05) is 11.4 Å². The summed E-state index contributed by atoms with van der Waals surface area (Å²) in [6, 6.07) is 17.9. The summed E-state index contributed by atoms with van der Waals surface area (Å²) in [6.07, 6.45) is 0. The lowest BCUT2D eigenvalue weighted by molar-refractivity contribution is -0.118. The largest absolute Gasteiger partial charge is 0.497 e. The third kappa shape index (κ3) is 5.90. The van der Waals surface area contributed by atoms with Gasteiger partial charge in [-0.05, 0) is 61.0 Å². The minimum absolute atomic E-state index is 0.0492. The van der Waals surface area contributed by atoms with E-state index in [0.29, 0.717) is 33.5 Å². The van der Waals surface area contributed by atoms with Gasteiger partial charge in [0.05, 0.1) is 17.0 Å². The number of ether oxygens (including phenoxy) is 2. The average molecular weight is 461 g/mol. The highest BCUT2D eigenvalue weighted by Crippen LogP contribution is 2.25. The summed E-state index contributed by atoms with van der Waals surface area (Å²) in [5.41, 5.74) is 1.25. The molecule has 0 spiro atoms. The van der Waals surface area contributed by atoms with Crippen molar-refractivity contribution in [3.05, 3.63) is 77.3 Å². The second-order valence-electron chi connectivity index (χ2n) is 6.58. The van der Waals surface area contributed by atoms with Gasteiger partial charge >= 0.3 is 0 Å². The molecular weight excluding hydrogens is 440 g/mol. The molecule has 0 bridgehead atoms. The molecule has 0 aliphatic rings. The van der Waals surface area contributed by atoms with Gasteiger partial charge in [-0.25, -0.2) is 8.42 Å². The highest BCUT2D eigenvalue weighted by molar-refractivity contribution is 7.92. The van der Waals surface area contributed by atoms with Crippen molar-refractivity contribution < 1.29 is 22.7 Å². The van der Waals surface area contributed by atoms with Gasteiger partial charge in [-0.1, -0.05) is 29.8 Å². The molecule has 0 unspecified atom stereocenters. The quantitative estimate of drug-likeness (QED) is 0.517. The van der Waals surface area contributed by atoms with Crippen LogP contribution in [0, 0.1) is 6.92 Å². The number of hydrogen-bond donors (Lipinski definition) is 2. The van der Waals surface area contributed by atoms with Crippen molar-refractivity contribution in [3.8, 4) is 11.5 Å². The van der Waals surface area contributed by atoms with Gasteiger partial charge in [0.15, 0.2) is 6.61 Å². The van der Waals surface area contributed by atoms with E-state index >= 15 is 0 Å². The Bertz CT molecular complexity index is 1180. The molecule has 0 aromatic heterocycles. The second-order valence-corrected chi connectivity index (χ2v) is 8.64. The molecule has 0 fully saturated rings. The highest BCUT2D eigenvalue weighted by Gasteiger charge is 2.18. The summed E-state index contributed by atoms with van der Waals surface area (Å²) in [5.74, 6) is 0.549. The van der Waals surface area contributed by atoms with E-state index in [1.807, 2.05) is 0 Å². The Morgan fingerprint density at radius 2 is 1.68 bits per heavy atom. The summed E-state index contributed by atoms with van der Waals surface area (Å²) >= 11 is 6.00. The molecule has 1 amide bonds. The number of sulfonamides is 1. The minimum atomic E-state index is -3.87. The lowest BCUT2D eigenvalue weighted by Crippen LogP contribution is -2.21. The molecule has 2 N–H and O–H groups in total. The van der Waals surface area contributed by atoms with E-state index < -0.39 is 15.9 Å². The zero-order valence-corrected chi connectivity index (χ0v) is 18.5. The van der Waals surface area contributed by atoms with Crippen LogP contribution in [-0.2, 0) is 14.8 Å². The van der Waals surface area contributed by atoms with Crippen molar-refractivity contribution in [2.24, 2.45) is 0 Å². The summed E-state index contributed by atoms with van der Waals surface area (Å²) < 4.78 is 38.7. The SMILES string of the molecule is COc1ccc(NS(=O)(=O)c2cc(NC(=O)COc3ccccc3Cl)ccc2C)cc1. The Balaban J connectivity index is 1.71. The molecule has 0 saturated heterocycles. The van der Waals surface area contributed by atoms with Crippen molar-refractivity contribution in [1.29, 1.82) is 0 Å².